The number of benzene rings is 3. The Bertz CT molecular complexity index is 1390. The van der Waals surface area contributed by atoms with E-state index in [0.717, 1.165) is 42.4 Å². The quantitative estimate of drug-likeness (QED) is 0.290. The van der Waals surface area contributed by atoms with Crippen LogP contribution in [0.1, 0.15) is 67.3 Å². The summed E-state index contributed by atoms with van der Waals surface area (Å²) in [5.74, 6) is 0.287. The van der Waals surface area contributed by atoms with Crippen molar-refractivity contribution in [3.8, 4) is 0 Å². The molecule has 7 heteroatoms. The van der Waals surface area contributed by atoms with Crippen LogP contribution in [-0.4, -0.2) is 66.4 Å². The molecule has 2 aliphatic rings. The number of likely N-dealkylation sites (tertiary alicyclic amines) is 1. The molecular formula is C35H43ClN4O2. The van der Waals surface area contributed by atoms with Crippen LogP contribution < -0.4 is 10.6 Å². The minimum absolute atomic E-state index is 0.0295. The monoisotopic (exact) mass is 586 g/mol. The average molecular weight is 587 g/mol. The molecule has 42 heavy (non-hydrogen) atoms. The number of halogens is 1. The summed E-state index contributed by atoms with van der Waals surface area (Å²) in [4.78, 5) is 31.5. The zero-order valence-corrected chi connectivity index (χ0v) is 25.4. The molecule has 2 N–H and O–H groups in total. The fourth-order valence-corrected chi connectivity index (χ4v) is 6.46. The molecule has 2 fully saturated rings. The predicted octanol–water partition coefficient (Wildman–Crippen LogP) is 6.37. The number of amides is 2. The second kappa shape index (κ2) is 14.2. The van der Waals surface area contributed by atoms with Crippen molar-refractivity contribution in [2.24, 2.45) is 0 Å². The number of carbonyl (C=O) groups is 2. The molecule has 2 saturated heterocycles. The first-order valence-corrected chi connectivity index (χ1v) is 15.8. The van der Waals surface area contributed by atoms with E-state index >= 15 is 0 Å². The molecule has 2 heterocycles. The van der Waals surface area contributed by atoms with Crippen LogP contribution in [0.4, 0.5) is 0 Å². The Balaban J connectivity index is 1.28. The predicted molar refractivity (Wildman–Crippen MR) is 172 cm³/mol. The van der Waals surface area contributed by atoms with E-state index in [1.165, 1.54) is 24.8 Å². The van der Waals surface area contributed by atoms with E-state index in [9.17, 15) is 9.59 Å². The van der Waals surface area contributed by atoms with Gasteiger partial charge in [0.05, 0.1) is 6.04 Å². The maximum Gasteiger partial charge on any atom is 0.251 e. The van der Waals surface area contributed by atoms with Crippen LogP contribution in [0.3, 0.4) is 0 Å². The van der Waals surface area contributed by atoms with Crippen LogP contribution >= 0.6 is 11.6 Å². The van der Waals surface area contributed by atoms with Crippen molar-refractivity contribution in [1.29, 1.82) is 0 Å². The normalized spacial score (nSPS) is 20.3. The molecule has 0 radical (unpaired) electrons. The van der Waals surface area contributed by atoms with Gasteiger partial charge in [-0.1, -0.05) is 67.6 Å². The third-order valence-corrected chi connectivity index (χ3v) is 9.05. The van der Waals surface area contributed by atoms with Gasteiger partial charge in [-0.3, -0.25) is 9.59 Å². The van der Waals surface area contributed by atoms with E-state index in [1.54, 1.807) is 0 Å². The minimum atomic E-state index is -0.373. The fourth-order valence-electron chi connectivity index (χ4n) is 6.28. The SMILES string of the molecule is C=C(C[C@@H]1N[C@H](CNC(=O)c2ccc3cc(Cl)ccc3c2)CCN(C[C@@H](CC)c2ccccc2)C1=O)N1CCCCC1. The zero-order chi connectivity index (χ0) is 29.5. The molecule has 2 aliphatic heterocycles. The molecule has 0 aliphatic carbocycles. The Morgan fingerprint density at radius 3 is 2.52 bits per heavy atom. The van der Waals surface area contributed by atoms with E-state index in [0.29, 0.717) is 36.6 Å². The van der Waals surface area contributed by atoms with Gasteiger partial charge < -0.3 is 20.4 Å². The molecule has 3 aromatic carbocycles. The number of rotatable bonds is 10. The van der Waals surface area contributed by atoms with Gasteiger partial charge in [0, 0.05) is 67.4 Å². The number of piperidine rings is 1. The zero-order valence-electron chi connectivity index (χ0n) is 24.7. The van der Waals surface area contributed by atoms with Crippen LogP contribution in [0.25, 0.3) is 10.8 Å². The summed E-state index contributed by atoms with van der Waals surface area (Å²) in [5, 5.41) is 9.41. The number of carbonyl (C=O) groups excluding carboxylic acids is 2. The summed E-state index contributed by atoms with van der Waals surface area (Å²) >= 11 is 6.12. The van der Waals surface area contributed by atoms with Crippen LogP contribution in [0.15, 0.2) is 79.0 Å². The lowest BCUT2D eigenvalue weighted by molar-refractivity contribution is -0.133. The third-order valence-electron chi connectivity index (χ3n) is 8.82. The van der Waals surface area contributed by atoms with E-state index in [1.807, 2.05) is 47.4 Å². The maximum atomic E-state index is 14.0. The van der Waals surface area contributed by atoms with Gasteiger partial charge in [0.1, 0.15) is 0 Å². The molecule has 0 unspecified atom stereocenters. The molecule has 2 amide bonds. The molecule has 0 aromatic heterocycles. The molecule has 3 aromatic rings. The van der Waals surface area contributed by atoms with Crippen LogP contribution in [0.2, 0.25) is 5.02 Å². The summed E-state index contributed by atoms with van der Waals surface area (Å²) in [6, 6.07) is 21.4. The van der Waals surface area contributed by atoms with Crippen LogP contribution in [0.5, 0.6) is 0 Å². The lowest BCUT2D eigenvalue weighted by Crippen LogP contribution is -2.50. The number of nitrogens with zero attached hydrogens (tertiary/aromatic N) is 2. The van der Waals surface area contributed by atoms with Gasteiger partial charge in [0.25, 0.3) is 5.91 Å². The van der Waals surface area contributed by atoms with Crippen molar-refractivity contribution in [2.75, 3.05) is 32.7 Å². The van der Waals surface area contributed by atoms with Crippen molar-refractivity contribution < 1.29 is 9.59 Å². The van der Waals surface area contributed by atoms with Gasteiger partial charge in [-0.05, 0) is 72.7 Å². The summed E-state index contributed by atoms with van der Waals surface area (Å²) < 4.78 is 0. The highest BCUT2D eigenvalue weighted by molar-refractivity contribution is 6.31. The number of nitrogens with one attached hydrogen (secondary N) is 2. The number of hydrogen-bond donors (Lipinski definition) is 2. The van der Waals surface area contributed by atoms with Crippen LogP contribution in [-0.2, 0) is 4.79 Å². The van der Waals surface area contributed by atoms with Crippen molar-refractivity contribution in [3.05, 3.63) is 95.2 Å². The summed E-state index contributed by atoms with van der Waals surface area (Å²) in [6.07, 6.45) is 5.90. The first-order chi connectivity index (χ1) is 20.4. The highest BCUT2D eigenvalue weighted by Gasteiger charge is 2.33. The maximum absolute atomic E-state index is 14.0. The molecule has 5 rings (SSSR count). The lowest BCUT2D eigenvalue weighted by Gasteiger charge is -2.33. The van der Waals surface area contributed by atoms with E-state index < -0.39 is 0 Å². The Hall–Kier alpha value is -3.35. The van der Waals surface area contributed by atoms with Gasteiger partial charge in [0.2, 0.25) is 5.91 Å². The molecule has 222 valence electrons. The van der Waals surface area contributed by atoms with Crippen molar-refractivity contribution in [3.63, 3.8) is 0 Å². The topological polar surface area (TPSA) is 64.7 Å². The molecule has 0 saturated carbocycles. The Labute approximate surface area is 255 Å². The van der Waals surface area contributed by atoms with E-state index in [-0.39, 0.29) is 29.8 Å². The van der Waals surface area contributed by atoms with Crippen molar-refractivity contribution in [1.82, 2.24) is 20.4 Å². The Kier molecular flexibility index (Phi) is 10.2. The third kappa shape index (κ3) is 7.53. The van der Waals surface area contributed by atoms with Gasteiger partial charge in [-0.25, -0.2) is 0 Å². The largest absolute Gasteiger partial charge is 0.375 e. The first-order valence-electron chi connectivity index (χ1n) is 15.4. The summed E-state index contributed by atoms with van der Waals surface area (Å²) in [5.41, 5.74) is 2.90. The summed E-state index contributed by atoms with van der Waals surface area (Å²) in [6.45, 7) is 10.4. The Morgan fingerprint density at radius 2 is 1.76 bits per heavy atom. The van der Waals surface area contributed by atoms with E-state index in [4.69, 9.17) is 11.6 Å². The van der Waals surface area contributed by atoms with Gasteiger partial charge in [0.15, 0.2) is 0 Å². The number of fused-ring (bicyclic) bond motifs is 1. The molecule has 0 bridgehead atoms. The van der Waals surface area contributed by atoms with Gasteiger partial charge >= 0.3 is 0 Å². The van der Waals surface area contributed by atoms with Crippen molar-refractivity contribution >= 4 is 34.2 Å². The smallest absolute Gasteiger partial charge is 0.251 e. The lowest BCUT2D eigenvalue weighted by atomic mass is 9.95. The highest BCUT2D eigenvalue weighted by Crippen LogP contribution is 2.25. The molecule has 3 atom stereocenters. The standard InChI is InChI=1S/C35H43ClN4O2/c1-3-26(27-10-6-4-7-11-27)24-40-19-16-32(38-33(35(40)42)20-25(2)39-17-8-5-9-18-39)23-37-34(41)30-13-12-29-22-31(36)15-14-28(29)21-30/h4,6-7,10-15,21-22,26,32-33,38H,2-3,5,8-9,16-20,23-24H2,1H3,(H,37,41)/t26-,32+,33+/m1/s1. The van der Waals surface area contributed by atoms with Crippen molar-refractivity contribution in [2.45, 2.75) is 63.5 Å². The van der Waals surface area contributed by atoms with Gasteiger partial charge in [-0.2, -0.15) is 0 Å². The second-order valence-corrected chi connectivity index (χ2v) is 12.2. The molecular weight excluding hydrogens is 544 g/mol. The van der Waals surface area contributed by atoms with Gasteiger partial charge in [-0.15, -0.1) is 0 Å². The minimum Gasteiger partial charge on any atom is -0.375 e. The van der Waals surface area contributed by atoms with Crippen LogP contribution in [0, 0.1) is 0 Å². The molecule has 0 spiro atoms. The average Bonchev–Trinajstić information content (AvgIpc) is 3.17. The Morgan fingerprint density at radius 1 is 1.02 bits per heavy atom. The molecule has 6 nitrogen and oxygen atoms in total. The first kappa shape index (κ1) is 30.1. The van der Waals surface area contributed by atoms with E-state index in [2.05, 4.69) is 53.3 Å². The number of hydrogen-bond acceptors (Lipinski definition) is 4. The second-order valence-electron chi connectivity index (χ2n) is 11.7. The summed E-state index contributed by atoms with van der Waals surface area (Å²) in [7, 11) is 0. The highest BCUT2D eigenvalue weighted by atomic mass is 35.5. The fraction of sp³-hybridized carbons (Fsp3) is 0.429.